The summed E-state index contributed by atoms with van der Waals surface area (Å²) in [5, 5.41) is 12.3. The molecule has 1 saturated carbocycles. The molecule has 1 aliphatic carbocycles. The van der Waals surface area contributed by atoms with E-state index in [1.807, 2.05) is 10.8 Å². The molecule has 6 nitrogen and oxygen atoms in total. The van der Waals surface area contributed by atoms with Gasteiger partial charge in [-0.2, -0.15) is 0 Å². The number of cyclic esters (lactones) is 1. The molecule has 0 amide bonds. The minimum atomic E-state index is -0.365. The van der Waals surface area contributed by atoms with E-state index >= 15 is 0 Å². The van der Waals surface area contributed by atoms with Crippen LogP contribution >= 0.6 is 21.6 Å². The van der Waals surface area contributed by atoms with Gasteiger partial charge in [-0.25, -0.2) is 4.79 Å². The highest BCUT2D eigenvalue weighted by Gasteiger charge is 2.53. The van der Waals surface area contributed by atoms with Crippen LogP contribution in [0, 0.1) is 29.6 Å². The molecule has 0 radical (unpaired) electrons. The Labute approximate surface area is 295 Å². The number of fused-ring (bicyclic) bond motifs is 3. The van der Waals surface area contributed by atoms with Crippen molar-refractivity contribution in [1.82, 2.24) is 4.90 Å². The smallest absolute Gasteiger partial charge is 0.343 e. The summed E-state index contributed by atoms with van der Waals surface area (Å²) in [5.41, 5.74) is 3.37. The Hall–Kier alpha value is -1.87. The summed E-state index contributed by atoms with van der Waals surface area (Å²) in [6, 6.07) is 10.0. The van der Waals surface area contributed by atoms with Crippen LogP contribution in [0.5, 0.6) is 0 Å². The zero-order chi connectivity index (χ0) is 33.4. The van der Waals surface area contributed by atoms with Crippen LogP contribution in [-0.4, -0.2) is 58.8 Å². The molecule has 5 aliphatic heterocycles. The molecule has 9 atom stereocenters. The molecule has 0 aromatic heterocycles. The second-order valence-corrected chi connectivity index (χ2v) is 17.9. The van der Waals surface area contributed by atoms with E-state index in [9.17, 15) is 9.90 Å². The van der Waals surface area contributed by atoms with Gasteiger partial charge in [-0.3, -0.25) is 4.90 Å². The fourth-order valence-electron chi connectivity index (χ4n) is 9.93. The first-order valence-corrected chi connectivity index (χ1v) is 21.2. The Kier molecular flexibility index (Phi) is 10.9. The Bertz CT molecular complexity index is 1440. The van der Waals surface area contributed by atoms with Gasteiger partial charge in [0.1, 0.15) is 5.76 Å². The number of allylic oxidation sites excluding steroid dienone is 1. The Morgan fingerprint density at radius 3 is 2.65 bits per heavy atom. The minimum absolute atomic E-state index is 0.0108. The van der Waals surface area contributed by atoms with Crippen LogP contribution in [0.25, 0.3) is 0 Å². The lowest BCUT2D eigenvalue weighted by atomic mass is 9.72. The summed E-state index contributed by atoms with van der Waals surface area (Å²) < 4.78 is 18.2. The first-order chi connectivity index (χ1) is 23.4. The summed E-state index contributed by atoms with van der Waals surface area (Å²) >= 11 is 0. The molecule has 48 heavy (non-hydrogen) atoms. The molecule has 3 saturated heterocycles. The Morgan fingerprint density at radius 2 is 1.81 bits per heavy atom. The predicted molar refractivity (Wildman–Crippen MR) is 195 cm³/mol. The van der Waals surface area contributed by atoms with Crippen molar-refractivity contribution in [1.29, 1.82) is 0 Å². The first kappa shape index (κ1) is 34.6. The number of esters is 1. The largest absolute Gasteiger partial charge is 0.492 e. The van der Waals surface area contributed by atoms with Crippen LogP contribution in [0.15, 0.2) is 59.0 Å². The molecule has 1 aromatic carbocycles. The normalized spacial score (nSPS) is 37.1. The molecule has 9 unspecified atom stereocenters. The fraction of sp³-hybridized carbons (Fsp3) is 0.675. The molecular formula is C40H55NO5S2. The fourth-order valence-corrected chi connectivity index (χ4v) is 12.8. The summed E-state index contributed by atoms with van der Waals surface area (Å²) in [6.45, 7) is 6.26. The van der Waals surface area contributed by atoms with Gasteiger partial charge in [-0.15, -0.1) is 0 Å². The molecule has 1 aromatic rings. The van der Waals surface area contributed by atoms with Gasteiger partial charge in [0.25, 0.3) is 0 Å². The number of carbonyl (C=O) groups is 1. The number of rotatable bonds is 7. The van der Waals surface area contributed by atoms with Crippen molar-refractivity contribution in [3.63, 3.8) is 0 Å². The third-order valence-corrected chi connectivity index (χ3v) is 14.9. The maximum Gasteiger partial charge on any atom is 0.343 e. The number of hydrogen-bond acceptors (Lipinski definition) is 8. The number of aryl methyl sites for hydroxylation is 1. The number of carbonyl (C=O) groups excluding carboxylic acids is 1. The number of benzene rings is 1. The van der Waals surface area contributed by atoms with E-state index in [2.05, 4.69) is 59.9 Å². The van der Waals surface area contributed by atoms with Crippen LogP contribution in [-0.2, 0) is 31.8 Å². The molecule has 0 bridgehead atoms. The quantitative estimate of drug-likeness (QED) is 0.173. The number of aliphatic hydroxyl groups is 1. The van der Waals surface area contributed by atoms with E-state index in [1.54, 1.807) is 14.0 Å². The van der Waals surface area contributed by atoms with Crippen molar-refractivity contribution in [3.05, 3.63) is 70.1 Å². The van der Waals surface area contributed by atoms with Gasteiger partial charge in [-0.1, -0.05) is 85.4 Å². The van der Waals surface area contributed by atoms with Crippen molar-refractivity contribution in [3.8, 4) is 0 Å². The second-order valence-electron chi connectivity index (χ2n) is 15.4. The monoisotopic (exact) mass is 693 g/mol. The van der Waals surface area contributed by atoms with E-state index in [4.69, 9.17) is 14.2 Å². The zero-order valence-electron chi connectivity index (χ0n) is 29.3. The molecule has 5 heterocycles. The second kappa shape index (κ2) is 15.2. The van der Waals surface area contributed by atoms with Crippen LogP contribution in [0.3, 0.4) is 0 Å². The lowest BCUT2D eigenvalue weighted by Gasteiger charge is -2.52. The van der Waals surface area contributed by atoms with E-state index in [0.717, 1.165) is 56.0 Å². The average molecular weight is 694 g/mol. The number of hydrogen-bond donors (Lipinski definition) is 1. The highest BCUT2D eigenvalue weighted by molar-refractivity contribution is 8.76. The highest BCUT2D eigenvalue weighted by atomic mass is 33.1. The minimum Gasteiger partial charge on any atom is -0.492 e. The molecule has 4 fully saturated rings. The average Bonchev–Trinajstić information content (AvgIpc) is 3.70. The van der Waals surface area contributed by atoms with E-state index in [0.29, 0.717) is 40.7 Å². The zero-order valence-corrected chi connectivity index (χ0v) is 31.0. The summed E-state index contributed by atoms with van der Waals surface area (Å²) in [4.78, 5) is 15.4. The van der Waals surface area contributed by atoms with Crippen molar-refractivity contribution >= 4 is 27.6 Å². The number of unbranched alkanes of at least 4 members (excludes halogenated alkanes) is 2. The van der Waals surface area contributed by atoms with Crippen LogP contribution in [0.1, 0.15) is 96.1 Å². The Morgan fingerprint density at radius 1 is 1.02 bits per heavy atom. The van der Waals surface area contributed by atoms with Gasteiger partial charge in [0, 0.05) is 41.5 Å². The van der Waals surface area contributed by atoms with Gasteiger partial charge in [0.05, 0.1) is 18.8 Å². The number of piperidine rings is 1. The highest BCUT2D eigenvalue weighted by Crippen LogP contribution is 2.53. The van der Waals surface area contributed by atoms with Crippen LogP contribution in [0.2, 0.25) is 0 Å². The third kappa shape index (κ3) is 6.89. The van der Waals surface area contributed by atoms with E-state index in [-0.39, 0.29) is 36.0 Å². The molecule has 0 spiro atoms. The lowest BCUT2D eigenvalue weighted by Crippen LogP contribution is -2.60. The topological polar surface area (TPSA) is 68.2 Å². The van der Waals surface area contributed by atoms with Crippen molar-refractivity contribution < 1.29 is 24.1 Å². The maximum atomic E-state index is 12.6. The van der Waals surface area contributed by atoms with Gasteiger partial charge in [-0.05, 0) is 93.2 Å². The predicted octanol–water partition coefficient (Wildman–Crippen LogP) is 8.60. The summed E-state index contributed by atoms with van der Waals surface area (Å²) in [7, 11) is 5.70. The number of nitrogens with zero attached hydrogens (tertiary/aromatic N) is 1. The van der Waals surface area contributed by atoms with Crippen LogP contribution < -0.4 is 0 Å². The SMILES string of the molecule is CCCCCc1cccc(CC2CC3C(O)CC4CCCC4CSSCC4CC=C5OC(=C6OC(=O)C(C)=C6OC)C(C)C5C(C2)N43)c1. The third-order valence-electron chi connectivity index (χ3n) is 12.3. The van der Waals surface area contributed by atoms with Gasteiger partial charge < -0.3 is 19.3 Å². The summed E-state index contributed by atoms with van der Waals surface area (Å²) in [5.74, 6) is 6.48. The Balaban J connectivity index is 1.24. The van der Waals surface area contributed by atoms with E-state index < -0.39 is 0 Å². The number of ether oxygens (including phenoxy) is 3. The molecular weight excluding hydrogens is 639 g/mol. The van der Waals surface area contributed by atoms with Gasteiger partial charge in [0.15, 0.2) is 11.5 Å². The molecule has 7 rings (SSSR count). The van der Waals surface area contributed by atoms with Gasteiger partial charge in [0.2, 0.25) is 5.76 Å². The number of aliphatic hydroxyl groups excluding tert-OH is 1. The molecule has 8 heteroatoms. The van der Waals surface area contributed by atoms with E-state index in [1.165, 1.54) is 55.4 Å². The molecule has 1 N–H and O–H groups in total. The van der Waals surface area contributed by atoms with Crippen molar-refractivity contribution in [2.45, 2.75) is 122 Å². The molecule has 6 aliphatic rings. The van der Waals surface area contributed by atoms with Crippen LogP contribution in [0.4, 0.5) is 0 Å². The number of methoxy groups -OCH3 is 1. The van der Waals surface area contributed by atoms with Crippen molar-refractivity contribution in [2.75, 3.05) is 18.6 Å². The van der Waals surface area contributed by atoms with Crippen molar-refractivity contribution in [2.24, 2.45) is 29.6 Å². The van der Waals surface area contributed by atoms with Gasteiger partial charge >= 0.3 is 5.97 Å². The lowest BCUT2D eigenvalue weighted by molar-refractivity contribution is -0.133. The summed E-state index contributed by atoms with van der Waals surface area (Å²) in [6.07, 6.45) is 15.7. The standard InChI is InChI=1S/C40H55NO5S2/c1-5-6-7-10-26-11-8-12-27(17-26)18-28-19-32-34(42)21-29-13-9-14-30(29)22-47-48-23-31-15-16-35-36(33(20-28)41(31)32)24(2)38(45-35)39-37(44-4)25(3)40(43)46-39/h8,11-12,16-17,24,28-34,36,42H,5-7,9-10,13-15,18-23H2,1-4H3. The molecule has 262 valence electrons. The first-order valence-electron chi connectivity index (χ1n) is 18.7. The maximum absolute atomic E-state index is 12.6.